The van der Waals surface area contributed by atoms with Gasteiger partial charge in [-0.1, -0.05) is 0 Å². The molecule has 2 N–H and O–H groups in total. The second kappa shape index (κ2) is 4.41. The fraction of sp³-hybridized carbons (Fsp3) is 0.600. The zero-order valence-corrected chi connectivity index (χ0v) is 6.84. The molecule has 64 valence electrons. The summed E-state index contributed by atoms with van der Waals surface area (Å²) in [6.45, 7) is 0. The minimum Gasteiger partial charge on any atom is -0.481 e. The summed E-state index contributed by atoms with van der Waals surface area (Å²) in [7, 11) is 0. The van der Waals surface area contributed by atoms with Gasteiger partial charge in [0.25, 0.3) is 0 Å². The molecule has 0 aromatic rings. The van der Waals surface area contributed by atoms with Crippen molar-refractivity contribution in [3.05, 3.63) is 0 Å². The lowest BCUT2D eigenvalue weighted by Crippen LogP contribution is -2.26. The number of carboxylic acids is 2. The Morgan fingerprint density at radius 1 is 1.27 bits per heavy atom. The van der Waals surface area contributed by atoms with Gasteiger partial charge >= 0.3 is 11.9 Å². The molecule has 0 heterocycles. The third kappa shape index (κ3) is 4.06. The molecule has 0 saturated carbocycles. The van der Waals surface area contributed by atoms with Gasteiger partial charge in [0.05, 0.1) is 11.8 Å². The van der Waals surface area contributed by atoms with Gasteiger partial charge in [-0.15, -0.1) is 23.2 Å². The number of alkyl halides is 2. The maximum Gasteiger partial charge on any atom is 0.323 e. The van der Waals surface area contributed by atoms with Crippen LogP contribution in [0.1, 0.15) is 6.42 Å². The molecule has 0 aliphatic carbocycles. The van der Waals surface area contributed by atoms with Gasteiger partial charge in [-0.25, -0.2) is 0 Å². The van der Waals surface area contributed by atoms with Gasteiger partial charge in [-0.05, 0) is 0 Å². The standard InChI is InChI=1S/C5H6Cl2O4/c6-2(1-3(8)9)4(7)5(10)11/h2,4H,1H2,(H,8,9)(H,10,11). The summed E-state index contributed by atoms with van der Waals surface area (Å²) in [5.41, 5.74) is 0. The van der Waals surface area contributed by atoms with Crippen LogP contribution < -0.4 is 0 Å². The van der Waals surface area contributed by atoms with Crippen molar-refractivity contribution in [3.63, 3.8) is 0 Å². The fourth-order valence-corrected chi connectivity index (χ4v) is 0.754. The number of halogens is 2. The minimum absolute atomic E-state index is 0.456. The van der Waals surface area contributed by atoms with Crippen LogP contribution in [-0.4, -0.2) is 32.9 Å². The third-order valence-electron chi connectivity index (χ3n) is 0.923. The Balaban J connectivity index is 3.92. The molecule has 6 heteroatoms. The lowest BCUT2D eigenvalue weighted by molar-refractivity contribution is -0.138. The quantitative estimate of drug-likeness (QED) is 0.658. The molecule has 2 atom stereocenters. The van der Waals surface area contributed by atoms with Gasteiger partial charge in [0.1, 0.15) is 5.38 Å². The molecule has 2 unspecified atom stereocenters. The summed E-state index contributed by atoms with van der Waals surface area (Å²) in [5.74, 6) is -2.48. The molecule has 4 nitrogen and oxygen atoms in total. The average molecular weight is 201 g/mol. The predicted octanol–water partition coefficient (Wildman–Crippen LogP) is 0.761. The van der Waals surface area contributed by atoms with E-state index >= 15 is 0 Å². The van der Waals surface area contributed by atoms with Gasteiger partial charge in [0.2, 0.25) is 0 Å². The Hall–Kier alpha value is -0.480. The van der Waals surface area contributed by atoms with Crippen molar-refractivity contribution >= 4 is 35.1 Å². The van der Waals surface area contributed by atoms with E-state index in [1.807, 2.05) is 0 Å². The van der Waals surface area contributed by atoms with E-state index in [0.717, 1.165) is 0 Å². The Kier molecular flexibility index (Phi) is 4.22. The smallest absolute Gasteiger partial charge is 0.323 e. The highest BCUT2D eigenvalue weighted by atomic mass is 35.5. The molecule has 0 radical (unpaired) electrons. The van der Waals surface area contributed by atoms with Crippen LogP contribution in [0, 0.1) is 0 Å². The first kappa shape index (κ1) is 10.5. The van der Waals surface area contributed by atoms with Crippen molar-refractivity contribution < 1.29 is 19.8 Å². The Labute approximate surface area is 72.7 Å². The Bertz CT molecular complexity index is 170. The highest BCUT2D eigenvalue weighted by Crippen LogP contribution is 2.13. The van der Waals surface area contributed by atoms with Crippen molar-refractivity contribution in [1.82, 2.24) is 0 Å². The lowest BCUT2D eigenvalue weighted by Gasteiger charge is -2.08. The molecule has 0 aliphatic rings. The highest BCUT2D eigenvalue weighted by molar-refractivity contribution is 6.37. The zero-order valence-electron chi connectivity index (χ0n) is 5.33. The molecule has 11 heavy (non-hydrogen) atoms. The van der Waals surface area contributed by atoms with Crippen LogP contribution in [0.4, 0.5) is 0 Å². The van der Waals surface area contributed by atoms with Crippen LogP contribution >= 0.6 is 23.2 Å². The number of hydrogen-bond donors (Lipinski definition) is 2. The molecule has 0 spiro atoms. The number of carboxylic acid groups (broad SMARTS) is 2. The SMILES string of the molecule is O=C(O)CC(Cl)C(Cl)C(=O)O. The number of rotatable bonds is 4. The van der Waals surface area contributed by atoms with E-state index in [1.165, 1.54) is 0 Å². The first-order valence-electron chi connectivity index (χ1n) is 2.68. The highest BCUT2D eigenvalue weighted by Gasteiger charge is 2.25. The molecule has 0 aliphatic heterocycles. The zero-order chi connectivity index (χ0) is 9.02. The monoisotopic (exact) mass is 200 g/mol. The average Bonchev–Trinajstić information content (AvgIpc) is 1.84. The maximum atomic E-state index is 10.1. The van der Waals surface area contributed by atoms with Crippen molar-refractivity contribution in [2.75, 3.05) is 0 Å². The molecular weight excluding hydrogens is 195 g/mol. The van der Waals surface area contributed by atoms with Crippen LogP contribution in [-0.2, 0) is 9.59 Å². The minimum atomic E-state index is -1.35. The van der Waals surface area contributed by atoms with Crippen molar-refractivity contribution in [2.24, 2.45) is 0 Å². The van der Waals surface area contributed by atoms with Gasteiger partial charge in [-0.2, -0.15) is 0 Å². The Morgan fingerprint density at radius 3 is 2.00 bits per heavy atom. The van der Waals surface area contributed by atoms with E-state index in [2.05, 4.69) is 0 Å². The Morgan fingerprint density at radius 2 is 1.73 bits per heavy atom. The second-order valence-corrected chi connectivity index (χ2v) is 2.88. The summed E-state index contributed by atoms with van der Waals surface area (Å²) < 4.78 is 0. The normalized spacial score (nSPS) is 15.5. The van der Waals surface area contributed by atoms with Gasteiger partial charge in [0, 0.05) is 0 Å². The van der Waals surface area contributed by atoms with E-state index in [9.17, 15) is 9.59 Å². The molecule has 0 bridgehead atoms. The van der Waals surface area contributed by atoms with Crippen LogP contribution in [0.2, 0.25) is 0 Å². The van der Waals surface area contributed by atoms with Crippen molar-refractivity contribution in [1.29, 1.82) is 0 Å². The maximum absolute atomic E-state index is 10.1. The summed E-state index contributed by atoms with van der Waals surface area (Å²) >= 11 is 10.5. The molecule has 0 amide bonds. The van der Waals surface area contributed by atoms with Crippen LogP contribution in [0.5, 0.6) is 0 Å². The molecule has 0 aromatic carbocycles. The van der Waals surface area contributed by atoms with E-state index in [-0.39, 0.29) is 0 Å². The van der Waals surface area contributed by atoms with Crippen LogP contribution in [0.3, 0.4) is 0 Å². The summed E-state index contributed by atoms with van der Waals surface area (Å²) in [6, 6.07) is 0. The van der Waals surface area contributed by atoms with Crippen molar-refractivity contribution in [3.8, 4) is 0 Å². The molecule has 0 aromatic heterocycles. The molecular formula is C5H6Cl2O4. The van der Waals surface area contributed by atoms with E-state index < -0.39 is 29.1 Å². The summed E-state index contributed by atoms with van der Waals surface area (Å²) in [4.78, 5) is 20.1. The fourth-order valence-electron chi connectivity index (χ4n) is 0.425. The van der Waals surface area contributed by atoms with Crippen LogP contribution in [0.25, 0.3) is 0 Å². The largest absolute Gasteiger partial charge is 0.481 e. The topological polar surface area (TPSA) is 74.6 Å². The molecule has 0 saturated heterocycles. The predicted molar refractivity (Wildman–Crippen MR) is 39.2 cm³/mol. The number of aliphatic carboxylic acids is 2. The lowest BCUT2D eigenvalue weighted by atomic mass is 10.2. The number of carbonyl (C=O) groups is 2. The summed E-state index contributed by atoms with van der Waals surface area (Å²) in [5, 5.41) is 14.0. The molecule has 0 rings (SSSR count). The van der Waals surface area contributed by atoms with Gasteiger partial charge < -0.3 is 10.2 Å². The van der Waals surface area contributed by atoms with Crippen molar-refractivity contribution in [2.45, 2.75) is 17.2 Å². The summed E-state index contributed by atoms with van der Waals surface area (Å²) in [6.07, 6.45) is -0.456. The molecule has 0 fully saturated rings. The van der Waals surface area contributed by atoms with E-state index in [1.54, 1.807) is 0 Å². The van der Waals surface area contributed by atoms with Crippen LogP contribution in [0.15, 0.2) is 0 Å². The number of hydrogen-bond acceptors (Lipinski definition) is 2. The van der Waals surface area contributed by atoms with E-state index in [0.29, 0.717) is 0 Å². The van der Waals surface area contributed by atoms with E-state index in [4.69, 9.17) is 33.4 Å². The third-order valence-corrected chi connectivity index (χ3v) is 1.95. The van der Waals surface area contributed by atoms with Gasteiger partial charge in [0.15, 0.2) is 0 Å². The van der Waals surface area contributed by atoms with Gasteiger partial charge in [-0.3, -0.25) is 9.59 Å². The first-order chi connectivity index (χ1) is 4.95. The first-order valence-corrected chi connectivity index (χ1v) is 3.55. The second-order valence-electron chi connectivity index (χ2n) is 1.85.